The Morgan fingerprint density at radius 2 is 1.86 bits per heavy atom. The van der Waals surface area contributed by atoms with Gasteiger partial charge in [-0.15, -0.1) is 11.3 Å². The van der Waals surface area contributed by atoms with Gasteiger partial charge in [-0.3, -0.25) is 4.79 Å². The smallest absolute Gasteiger partial charge is 0.234 e. The molecule has 0 aliphatic heterocycles. The van der Waals surface area contributed by atoms with Crippen LogP contribution in [0, 0.1) is 5.82 Å². The Bertz CT molecular complexity index is 1130. The molecule has 8 heteroatoms. The van der Waals surface area contributed by atoms with Gasteiger partial charge in [-0.25, -0.2) is 14.4 Å². The van der Waals surface area contributed by atoms with Gasteiger partial charge in [0, 0.05) is 21.7 Å². The van der Waals surface area contributed by atoms with Crippen molar-refractivity contribution in [1.29, 1.82) is 0 Å². The Labute approximate surface area is 173 Å². The largest absolute Gasteiger partial charge is 0.325 e. The molecule has 28 heavy (non-hydrogen) atoms. The molecule has 0 radical (unpaired) electrons. The number of thiophene rings is 1. The van der Waals surface area contributed by atoms with Crippen molar-refractivity contribution in [1.82, 2.24) is 9.97 Å². The number of hydrogen-bond donors (Lipinski definition) is 1. The minimum Gasteiger partial charge on any atom is -0.325 e. The molecule has 0 aliphatic rings. The zero-order valence-electron chi connectivity index (χ0n) is 14.4. The summed E-state index contributed by atoms with van der Waals surface area (Å²) in [5.41, 5.74) is 2.58. The Kier molecular flexibility index (Phi) is 5.57. The van der Waals surface area contributed by atoms with Crippen LogP contribution in [0.25, 0.3) is 21.3 Å². The molecule has 0 unspecified atom stereocenters. The maximum Gasteiger partial charge on any atom is 0.234 e. The van der Waals surface area contributed by atoms with E-state index in [-0.39, 0.29) is 17.5 Å². The number of halogens is 2. The molecular weight excluding hydrogens is 417 g/mol. The number of nitrogens with zero attached hydrogens (tertiary/aromatic N) is 2. The number of carbonyl (C=O) groups is 1. The minimum absolute atomic E-state index is 0.180. The van der Waals surface area contributed by atoms with E-state index < -0.39 is 0 Å². The van der Waals surface area contributed by atoms with Crippen LogP contribution in [-0.4, -0.2) is 21.6 Å². The SMILES string of the molecule is O=C(CSc1ncnc2scc(-c3ccc(Cl)cc3)c12)Nc1ccc(F)cc1. The molecule has 2 aromatic carbocycles. The monoisotopic (exact) mass is 429 g/mol. The van der Waals surface area contributed by atoms with Crippen LogP contribution in [0.3, 0.4) is 0 Å². The molecule has 0 fully saturated rings. The van der Waals surface area contributed by atoms with E-state index in [1.54, 1.807) is 0 Å². The average molecular weight is 430 g/mol. The van der Waals surface area contributed by atoms with Gasteiger partial charge in [0.15, 0.2) is 0 Å². The third-order valence-corrected chi connectivity index (χ3v) is 6.09. The fourth-order valence-electron chi connectivity index (χ4n) is 2.66. The molecule has 0 atom stereocenters. The first-order valence-electron chi connectivity index (χ1n) is 8.26. The van der Waals surface area contributed by atoms with Crippen LogP contribution in [0.5, 0.6) is 0 Å². The topological polar surface area (TPSA) is 54.9 Å². The molecular formula is C20H13ClFN3OS2. The van der Waals surface area contributed by atoms with Crippen LogP contribution in [0.1, 0.15) is 0 Å². The molecule has 4 rings (SSSR count). The minimum atomic E-state index is -0.345. The normalized spacial score (nSPS) is 10.9. The Hall–Kier alpha value is -2.48. The number of carbonyl (C=O) groups excluding carboxylic acids is 1. The first-order chi connectivity index (χ1) is 13.6. The highest BCUT2D eigenvalue weighted by atomic mass is 35.5. The van der Waals surface area contributed by atoms with E-state index in [1.807, 2.05) is 29.6 Å². The van der Waals surface area contributed by atoms with E-state index in [0.717, 1.165) is 26.4 Å². The van der Waals surface area contributed by atoms with Crippen LogP contribution in [0.15, 0.2) is 65.3 Å². The van der Waals surface area contributed by atoms with E-state index >= 15 is 0 Å². The van der Waals surface area contributed by atoms with E-state index in [0.29, 0.717) is 10.7 Å². The molecule has 2 aromatic heterocycles. The summed E-state index contributed by atoms with van der Waals surface area (Å²) in [7, 11) is 0. The van der Waals surface area contributed by atoms with E-state index in [1.165, 1.54) is 53.7 Å². The Morgan fingerprint density at radius 1 is 1.11 bits per heavy atom. The second kappa shape index (κ2) is 8.26. The molecule has 2 heterocycles. The van der Waals surface area contributed by atoms with Crippen molar-refractivity contribution < 1.29 is 9.18 Å². The van der Waals surface area contributed by atoms with Gasteiger partial charge >= 0.3 is 0 Å². The lowest BCUT2D eigenvalue weighted by Gasteiger charge is -2.07. The molecule has 0 spiro atoms. The first kappa shape index (κ1) is 18.9. The lowest BCUT2D eigenvalue weighted by Crippen LogP contribution is -2.14. The number of benzene rings is 2. The molecule has 140 valence electrons. The van der Waals surface area contributed by atoms with Gasteiger partial charge in [0.1, 0.15) is 22.0 Å². The molecule has 4 aromatic rings. The Balaban J connectivity index is 1.55. The van der Waals surface area contributed by atoms with Crippen LogP contribution in [0.4, 0.5) is 10.1 Å². The number of thioether (sulfide) groups is 1. The van der Waals surface area contributed by atoms with Gasteiger partial charge < -0.3 is 5.32 Å². The van der Waals surface area contributed by atoms with E-state index in [2.05, 4.69) is 15.3 Å². The molecule has 0 saturated carbocycles. The zero-order valence-corrected chi connectivity index (χ0v) is 16.7. The highest BCUT2D eigenvalue weighted by Crippen LogP contribution is 2.38. The molecule has 1 N–H and O–H groups in total. The van der Waals surface area contributed by atoms with Gasteiger partial charge in [0.25, 0.3) is 0 Å². The average Bonchev–Trinajstić information content (AvgIpc) is 3.13. The van der Waals surface area contributed by atoms with E-state index in [4.69, 9.17) is 11.6 Å². The standard InChI is InChI=1S/C20H13ClFN3OS2/c21-13-3-1-12(2-4-13)16-9-27-19-18(16)20(24-11-23-19)28-10-17(26)25-15-7-5-14(22)6-8-15/h1-9,11H,10H2,(H,25,26). The number of anilines is 1. The lowest BCUT2D eigenvalue weighted by molar-refractivity contribution is -0.113. The predicted molar refractivity (Wildman–Crippen MR) is 114 cm³/mol. The van der Waals surface area contributed by atoms with Crippen molar-refractivity contribution in [3.63, 3.8) is 0 Å². The number of fused-ring (bicyclic) bond motifs is 1. The number of aromatic nitrogens is 2. The maximum atomic E-state index is 13.0. The van der Waals surface area contributed by atoms with Crippen LogP contribution >= 0.6 is 34.7 Å². The third kappa shape index (κ3) is 4.16. The molecule has 0 saturated heterocycles. The first-order valence-corrected chi connectivity index (χ1v) is 10.5. The Morgan fingerprint density at radius 3 is 2.61 bits per heavy atom. The summed E-state index contributed by atoms with van der Waals surface area (Å²) in [6.45, 7) is 0. The van der Waals surface area contributed by atoms with Gasteiger partial charge in [0.2, 0.25) is 5.91 Å². The summed E-state index contributed by atoms with van der Waals surface area (Å²) in [4.78, 5) is 21.8. The summed E-state index contributed by atoms with van der Waals surface area (Å²) in [6.07, 6.45) is 1.50. The van der Waals surface area contributed by atoms with Crippen molar-refractivity contribution in [2.45, 2.75) is 5.03 Å². The molecule has 0 aliphatic carbocycles. The van der Waals surface area contributed by atoms with Crippen molar-refractivity contribution >= 4 is 56.5 Å². The molecule has 4 nitrogen and oxygen atoms in total. The van der Waals surface area contributed by atoms with E-state index in [9.17, 15) is 9.18 Å². The summed E-state index contributed by atoms with van der Waals surface area (Å²) in [5, 5.41) is 7.12. The lowest BCUT2D eigenvalue weighted by atomic mass is 10.1. The quantitative estimate of drug-likeness (QED) is 0.318. The van der Waals surface area contributed by atoms with Gasteiger partial charge in [-0.05, 0) is 42.0 Å². The van der Waals surface area contributed by atoms with Crippen molar-refractivity contribution in [3.8, 4) is 11.1 Å². The summed E-state index contributed by atoms with van der Waals surface area (Å²) < 4.78 is 13.0. The second-order valence-corrected chi connectivity index (χ2v) is 8.12. The number of hydrogen-bond acceptors (Lipinski definition) is 5. The fourth-order valence-corrected chi connectivity index (χ4v) is 4.58. The van der Waals surface area contributed by atoms with Crippen molar-refractivity contribution in [2.75, 3.05) is 11.1 Å². The second-order valence-electron chi connectivity index (χ2n) is 5.86. The highest BCUT2D eigenvalue weighted by molar-refractivity contribution is 8.00. The summed E-state index contributed by atoms with van der Waals surface area (Å²) in [5.74, 6) is -0.353. The number of nitrogens with one attached hydrogen (secondary N) is 1. The van der Waals surface area contributed by atoms with Crippen LogP contribution in [-0.2, 0) is 4.79 Å². The summed E-state index contributed by atoms with van der Waals surface area (Å²) >= 11 is 8.86. The van der Waals surface area contributed by atoms with Gasteiger partial charge in [-0.2, -0.15) is 0 Å². The van der Waals surface area contributed by atoms with Crippen LogP contribution in [0.2, 0.25) is 5.02 Å². The summed E-state index contributed by atoms with van der Waals surface area (Å²) in [6, 6.07) is 13.2. The maximum absolute atomic E-state index is 13.0. The zero-order chi connectivity index (χ0) is 19.5. The highest BCUT2D eigenvalue weighted by Gasteiger charge is 2.15. The molecule has 0 bridgehead atoms. The number of rotatable bonds is 5. The third-order valence-electron chi connectivity index (χ3n) is 3.96. The number of amides is 1. The van der Waals surface area contributed by atoms with Crippen LogP contribution < -0.4 is 5.32 Å². The molecule has 1 amide bonds. The van der Waals surface area contributed by atoms with Crippen molar-refractivity contribution in [3.05, 3.63) is 71.1 Å². The van der Waals surface area contributed by atoms with Gasteiger partial charge in [0.05, 0.1) is 11.1 Å². The fraction of sp³-hybridized carbons (Fsp3) is 0.0500. The van der Waals surface area contributed by atoms with Gasteiger partial charge in [-0.1, -0.05) is 35.5 Å². The predicted octanol–water partition coefficient (Wildman–Crippen LogP) is 5.88. The van der Waals surface area contributed by atoms with Crippen molar-refractivity contribution in [2.24, 2.45) is 0 Å².